The Hall–Kier alpha value is -3.19. The number of benzene rings is 2. The number of aromatic nitrogens is 1. The Morgan fingerprint density at radius 1 is 1.13 bits per heavy atom. The van der Waals surface area contributed by atoms with Gasteiger partial charge >= 0.3 is 0 Å². The Morgan fingerprint density at radius 2 is 1.92 bits per heavy atom. The number of ether oxygens (including phenoxy) is 1. The van der Waals surface area contributed by atoms with Gasteiger partial charge in [-0.3, -0.25) is 9.59 Å². The fourth-order valence-corrected chi connectivity index (χ4v) is 6.20. The predicted molar refractivity (Wildman–Crippen MR) is 150 cm³/mol. The van der Waals surface area contributed by atoms with Crippen molar-refractivity contribution in [2.24, 2.45) is 11.8 Å². The molecular formula is C31H37N3O3S. The van der Waals surface area contributed by atoms with E-state index in [9.17, 15) is 9.59 Å². The van der Waals surface area contributed by atoms with E-state index in [0.29, 0.717) is 24.8 Å². The summed E-state index contributed by atoms with van der Waals surface area (Å²) in [6.45, 7) is 5.96. The van der Waals surface area contributed by atoms with Gasteiger partial charge in [0.25, 0.3) is 5.91 Å². The van der Waals surface area contributed by atoms with E-state index >= 15 is 0 Å². The number of fused-ring (bicyclic) bond motifs is 1. The van der Waals surface area contributed by atoms with Gasteiger partial charge in [0.15, 0.2) is 0 Å². The minimum atomic E-state index is -0.139. The third-order valence-electron chi connectivity index (χ3n) is 7.60. The van der Waals surface area contributed by atoms with Crippen LogP contribution in [-0.4, -0.2) is 34.8 Å². The van der Waals surface area contributed by atoms with E-state index in [1.165, 1.54) is 16.9 Å². The summed E-state index contributed by atoms with van der Waals surface area (Å²) in [5.41, 5.74) is 3.96. The Bertz CT molecular complexity index is 1250. The summed E-state index contributed by atoms with van der Waals surface area (Å²) in [7, 11) is 0. The molecule has 0 unspecified atom stereocenters. The number of nitrogens with zero attached hydrogens (tertiary/aromatic N) is 2. The molecule has 6 nitrogen and oxygen atoms in total. The van der Waals surface area contributed by atoms with Crippen molar-refractivity contribution in [1.82, 2.24) is 15.2 Å². The molecule has 1 aliphatic heterocycles. The Balaban J connectivity index is 1.32. The Morgan fingerprint density at radius 3 is 2.68 bits per heavy atom. The lowest BCUT2D eigenvalue weighted by atomic mass is 9.87. The molecule has 38 heavy (non-hydrogen) atoms. The maximum atomic E-state index is 13.6. The molecule has 1 saturated carbocycles. The summed E-state index contributed by atoms with van der Waals surface area (Å²) in [4.78, 5) is 32.6. The molecule has 2 heterocycles. The van der Waals surface area contributed by atoms with E-state index in [2.05, 4.69) is 53.3 Å². The third-order valence-corrected chi connectivity index (χ3v) is 8.42. The Labute approximate surface area is 229 Å². The van der Waals surface area contributed by atoms with Crippen molar-refractivity contribution in [3.63, 3.8) is 0 Å². The summed E-state index contributed by atoms with van der Waals surface area (Å²) >= 11 is 1.43. The first-order valence-corrected chi connectivity index (χ1v) is 14.7. The molecule has 3 aromatic rings. The summed E-state index contributed by atoms with van der Waals surface area (Å²) in [6.07, 6.45) is 6.08. The standard InChI is InChI=1S/C31H37N3O3S/c1-21(2)14-16-32-30(35)27-20-38-28(33-27)19-37-25-13-12-22-15-17-34(31(36)24-10-6-7-11-24)29(26(22)18-25)23-8-4-3-5-9-23/h3-5,8-9,12-13,18,20-21,24,29H,6-7,10-11,14-17,19H2,1-2H3,(H,32,35)/t29-/m1/s1. The van der Waals surface area contributed by atoms with E-state index in [-0.39, 0.29) is 23.8 Å². The number of amides is 2. The molecule has 2 aliphatic rings. The molecule has 0 radical (unpaired) electrons. The summed E-state index contributed by atoms with van der Waals surface area (Å²) in [5, 5.41) is 5.48. The van der Waals surface area contributed by atoms with Crippen LogP contribution < -0.4 is 10.1 Å². The van der Waals surface area contributed by atoms with Crippen LogP contribution in [0.25, 0.3) is 0 Å². The summed E-state index contributed by atoms with van der Waals surface area (Å²) in [5.74, 6) is 1.58. The SMILES string of the molecule is CC(C)CCNC(=O)c1csc(COc2ccc3c(c2)[C@@H](c2ccccc2)N(C(=O)C2CCCC2)CC3)n1. The van der Waals surface area contributed by atoms with Gasteiger partial charge in [0.2, 0.25) is 5.91 Å². The highest BCUT2D eigenvalue weighted by Crippen LogP contribution is 2.39. The maximum Gasteiger partial charge on any atom is 0.270 e. The molecule has 1 aromatic heterocycles. The van der Waals surface area contributed by atoms with Gasteiger partial charge < -0.3 is 15.0 Å². The largest absolute Gasteiger partial charge is 0.486 e. The van der Waals surface area contributed by atoms with Crippen LogP contribution in [0, 0.1) is 11.8 Å². The summed E-state index contributed by atoms with van der Waals surface area (Å²) in [6, 6.07) is 16.4. The number of rotatable bonds is 9. The average Bonchev–Trinajstić information content (AvgIpc) is 3.64. The van der Waals surface area contributed by atoms with Crippen molar-refractivity contribution < 1.29 is 14.3 Å². The predicted octanol–water partition coefficient (Wildman–Crippen LogP) is 6.16. The van der Waals surface area contributed by atoms with E-state index in [0.717, 1.165) is 67.0 Å². The molecule has 1 fully saturated rings. The van der Waals surface area contributed by atoms with Gasteiger partial charge in [0.1, 0.15) is 23.1 Å². The van der Waals surface area contributed by atoms with Crippen LogP contribution in [0.5, 0.6) is 5.75 Å². The normalized spacial score (nSPS) is 17.4. The second-order valence-electron chi connectivity index (χ2n) is 10.8. The zero-order chi connectivity index (χ0) is 26.5. The number of carbonyl (C=O) groups is 2. The molecule has 2 aromatic carbocycles. The molecule has 1 aliphatic carbocycles. The van der Waals surface area contributed by atoms with E-state index < -0.39 is 0 Å². The van der Waals surface area contributed by atoms with Crippen molar-refractivity contribution >= 4 is 23.2 Å². The fourth-order valence-electron chi connectivity index (χ4n) is 5.51. The zero-order valence-electron chi connectivity index (χ0n) is 22.3. The second-order valence-corrected chi connectivity index (χ2v) is 11.7. The van der Waals surface area contributed by atoms with Crippen LogP contribution in [0.15, 0.2) is 53.9 Å². The van der Waals surface area contributed by atoms with Crippen LogP contribution in [0.1, 0.15) is 84.2 Å². The Kier molecular flexibility index (Phi) is 8.42. The smallest absolute Gasteiger partial charge is 0.270 e. The lowest BCUT2D eigenvalue weighted by molar-refractivity contribution is -0.137. The minimum Gasteiger partial charge on any atom is -0.486 e. The second kappa shape index (κ2) is 12.1. The number of hydrogen-bond acceptors (Lipinski definition) is 5. The average molecular weight is 532 g/mol. The van der Waals surface area contributed by atoms with E-state index in [1.807, 2.05) is 24.3 Å². The molecular weight excluding hydrogens is 494 g/mol. The van der Waals surface area contributed by atoms with E-state index in [4.69, 9.17) is 4.74 Å². The van der Waals surface area contributed by atoms with Gasteiger partial charge in [-0.2, -0.15) is 0 Å². The molecule has 7 heteroatoms. The van der Waals surface area contributed by atoms with Crippen molar-refractivity contribution in [1.29, 1.82) is 0 Å². The lowest BCUT2D eigenvalue weighted by Gasteiger charge is -2.39. The van der Waals surface area contributed by atoms with Crippen molar-refractivity contribution in [2.45, 2.75) is 65.0 Å². The first-order chi connectivity index (χ1) is 18.5. The lowest BCUT2D eigenvalue weighted by Crippen LogP contribution is -2.43. The molecule has 1 atom stereocenters. The highest BCUT2D eigenvalue weighted by atomic mass is 32.1. The van der Waals surface area contributed by atoms with Gasteiger partial charge in [-0.15, -0.1) is 11.3 Å². The maximum absolute atomic E-state index is 13.6. The van der Waals surface area contributed by atoms with Gasteiger partial charge in [0, 0.05) is 24.4 Å². The molecule has 200 valence electrons. The highest BCUT2D eigenvalue weighted by molar-refractivity contribution is 7.09. The van der Waals surface area contributed by atoms with Crippen molar-refractivity contribution in [3.05, 3.63) is 81.3 Å². The van der Waals surface area contributed by atoms with Crippen LogP contribution in [0.4, 0.5) is 0 Å². The minimum absolute atomic E-state index is 0.113. The number of carbonyl (C=O) groups excluding carboxylic acids is 2. The third kappa shape index (κ3) is 6.09. The molecule has 0 bridgehead atoms. The quantitative estimate of drug-likeness (QED) is 0.359. The number of nitrogens with one attached hydrogen (secondary N) is 1. The van der Waals surface area contributed by atoms with Crippen molar-refractivity contribution in [3.8, 4) is 5.75 Å². The highest BCUT2D eigenvalue weighted by Gasteiger charge is 2.36. The first-order valence-electron chi connectivity index (χ1n) is 13.8. The zero-order valence-corrected chi connectivity index (χ0v) is 23.1. The van der Waals surface area contributed by atoms with Crippen LogP contribution in [0.2, 0.25) is 0 Å². The molecule has 1 N–H and O–H groups in total. The number of thiazole rings is 1. The van der Waals surface area contributed by atoms with Crippen LogP contribution in [-0.2, 0) is 17.8 Å². The van der Waals surface area contributed by atoms with Gasteiger partial charge in [-0.1, -0.05) is 63.1 Å². The van der Waals surface area contributed by atoms with Crippen LogP contribution in [0.3, 0.4) is 0 Å². The molecule has 2 amide bonds. The molecule has 5 rings (SSSR count). The molecule has 0 saturated heterocycles. The van der Waals surface area contributed by atoms with Crippen LogP contribution >= 0.6 is 11.3 Å². The molecule has 0 spiro atoms. The topological polar surface area (TPSA) is 71.5 Å². The first kappa shape index (κ1) is 26.4. The van der Waals surface area contributed by atoms with Gasteiger partial charge in [-0.25, -0.2) is 4.98 Å². The van der Waals surface area contributed by atoms with Gasteiger partial charge in [0.05, 0.1) is 6.04 Å². The fraction of sp³-hybridized carbons (Fsp3) is 0.452. The monoisotopic (exact) mass is 531 g/mol. The van der Waals surface area contributed by atoms with Gasteiger partial charge in [-0.05, 0) is 60.4 Å². The van der Waals surface area contributed by atoms with Crippen molar-refractivity contribution in [2.75, 3.05) is 13.1 Å². The number of hydrogen-bond donors (Lipinski definition) is 1. The van der Waals surface area contributed by atoms with E-state index in [1.54, 1.807) is 5.38 Å². The summed E-state index contributed by atoms with van der Waals surface area (Å²) < 4.78 is 6.16.